The first-order chi connectivity index (χ1) is 7.52. The van der Waals surface area contributed by atoms with E-state index in [-0.39, 0.29) is 5.91 Å². The summed E-state index contributed by atoms with van der Waals surface area (Å²) in [4.78, 5) is 25.9. The molecule has 0 saturated carbocycles. The van der Waals surface area contributed by atoms with Gasteiger partial charge in [0, 0.05) is 27.1 Å². The minimum absolute atomic E-state index is 0.0507. The molecule has 1 N–H and O–H groups in total. The van der Waals surface area contributed by atoms with Gasteiger partial charge in [0.15, 0.2) is 0 Å². The summed E-state index contributed by atoms with van der Waals surface area (Å²) >= 11 is 0. The lowest BCUT2D eigenvalue weighted by atomic mass is 10.0. The number of aliphatic carboxylic acids is 1. The van der Waals surface area contributed by atoms with Gasteiger partial charge in [-0.25, -0.2) is 0 Å². The Labute approximate surface area is 96.0 Å². The number of carbonyl (C=O) groups excluding carboxylic acids is 1. The van der Waals surface area contributed by atoms with Gasteiger partial charge in [0.1, 0.15) is 6.04 Å². The third kappa shape index (κ3) is 3.48. The fourth-order valence-electron chi connectivity index (χ4n) is 2.00. The van der Waals surface area contributed by atoms with E-state index < -0.39 is 12.0 Å². The molecule has 5 heteroatoms. The molecule has 16 heavy (non-hydrogen) atoms. The lowest BCUT2D eigenvalue weighted by molar-refractivity contribution is -0.145. The number of carboxylic acid groups (broad SMARTS) is 1. The number of hydrogen-bond acceptors (Lipinski definition) is 3. The predicted octanol–water partition coefficient (Wildman–Crippen LogP) is 0.404. The van der Waals surface area contributed by atoms with Crippen molar-refractivity contribution in [2.45, 2.75) is 31.7 Å². The number of hydrogen-bond donors (Lipinski definition) is 1. The maximum Gasteiger partial charge on any atom is 0.320 e. The Morgan fingerprint density at radius 3 is 2.62 bits per heavy atom. The van der Waals surface area contributed by atoms with Crippen LogP contribution in [0.25, 0.3) is 0 Å². The first-order valence-electron chi connectivity index (χ1n) is 5.69. The SMILES string of the molecule is CN(C)C(=O)CCN1CCCCC1C(=O)O. The summed E-state index contributed by atoms with van der Waals surface area (Å²) in [5.74, 6) is -0.716. The van der Waals surface area contributed by atoms with E-state index in [0.717, 1.165) is 19.4 Å². The molecule has 0 aromatic carbocycles. The quantitative estimate of drug-likeness (QED) is 0.757. The lowest BCUT2D eigenvalue weighted by Gasteiger charge is -2.32. The topological polar surface area (TPSA) is 60.9 Å². The summed E-state index contributed by atoms with van der Waals surface area (Å²) in [6.07, 6.45) is 3.09. The van der Waals surface area contributed by atoms with E-state index in [2.05, 4.69) is 0 Å². The van der Waals surface area contributed by atoms with Crippen LogP contribution in [-0.4, -0.2) is 60.0 Å². The summed E-state index contributed by atoms with van der Waals surface area (Å²) < 4.78 is 0. The van der Waals surface area contributed by atoms with Gasteiger partial charge in [-0.2, -0.15) is 0 Å². The number of nitrogens with zero attached hydrogens (tertiary/aromatic N) is 2. The molecule has 1 unspecified atom stereocenters. The Morgan fingerprint density at radius 1 is 1.38 bits per heavy atom. The van der Waals surface area contributed by atoms with Crippen LogP contribution in [-0.2, 0) is 9.59 Å². The molecule has 1 fully saturated rings. The zero-order chi connectivity index (χ0) is 12.1. The number of rotatable bonds is 4. The molecule has 1 atom stereocenters. The fraction of sp³-hybridized carbons (Fsp3) is 0.818. The molecule has 0 radical (unpaired) electrons. The zero-order valence-electron chi connectivity index (χ0n) is 9.98. The number of amides is 1. The minimum Gasteiger partial charge on any atom is -0.480 e. The first kappa shape index (κ1) is 13.0. The second-order valence-corrected chi connectivity index (χ2v) is 4.42. The Hall–Kier alpha value is -1.10. The van der Waals surface area contributed by atoms with Gasteiger partial charge in [0.25, 0.3) is 0 Å². The second kappa shape index (κ2) is 5.84. The molecule has 1 saturated heterocycles. The molecule has 0 aromatic rings. The van der Waals surface area contributed by atoms with Crippen LogP contribution in [0.5, 0.6) is 0 Å². The number of carbonyl (C=O) groups is 2. The van der Waals surface area contributed by atoms with E-state index in [9.17, 15) is 9.59 Å². The highest BCUT2D eigenvalue weighted by molar-refractivity contribution is 5.76. The van der Waals surface area contributed by atoms with Crippen molar-refractivity contribution in [3.05, 3.63) is 0 Å². The molecule has 1 amide bonds. The van der Waals surface area contributed by atoms with Crippen LogP contribution in [0.2, 0.25) is 0 Å². The molecule has 0 bridgehead atoms. The zero-order valence-corrected chi connectivity index (χ0v) is 9.98. The Balaban J connectivity index is 2.44. The molecule has 1 heterocycles. The van der Waals surface area contributed by atoms with Crippen molar-refractivity contribution in [1.29, 1.82) is 0 Å². The van der Waals surface area contributed by atoms with Crippen molar-refractivity contribution in [2.75, 3.05) is 27.2 Å². The summed E-state index contributed by atoms with van der Waals surface area (Å²) in [6.45, 7) is 1.34. The predicted molar refractivity (Wildman–Crippen MR) is 60.2 cm³/mol. The summed E-state index contributed by atoms with van der Waals surface area (Å²) in [5.41, 5.74) is 0. The monoisotopic (exact) mass is 228 g/mol. The molecular formula is C11H20N2O3. The maximum absolute atomic E-state index is 11.4. The van der Waals surface area contributed by atoms with Crippen LogP contribution in [0, 0.1) is 0 Å². The van der Waals surface area contributed by atoms with E-state index in [4.69, 9.17) is 5.11 Å². The van der Waals surface area contributed by atoms with Crippen molar-refractivity contribution < 1.29 is 14.7 Å². The standard InChI is InChI=1S/C11H20N2O3/c1-12(2)10(14)6-8-13-7-4-3-5-9(13)11(15)16/h9H,3-8H2,1-2H3,(H,15,16). The fourth-order valence-corrected chi connectivity index (χ4v) is 2.00. The van der Waals surface area contributed by atoms with Gasteiger partial charge in [0.05, 0.1) is 0 Å². The third-order valence-corrected chi connectivity index (χ3v) is 3.01. The van der Waals surface area contributed by atoms with Crippen LogP contribution in [0.3, 0.4) is 0 Å². The minimum atomic E-state index is -0.767. The Kier molecular flexibility index (Phi) is 4.73. The van der Waals surface area contributed by atoms with Gasteiger partial charge < -0.3 is 10.0 Å². The highest BCUT2D eigenvalue weighted by Crippen LogP contribution is 2.17. The van der Waals surface area contributed by atoms with Crippen molar-refractivity contribution >= 4 is 11.9 Å². The first-order valence-corrected chi connectivity index (χ1v) is 5.69. The highest BCUT2D eigenvalue weighted by Gasteiger charge is 2.28. The summed E-state index contributed by atoms with van der Waals surface area (Å²) in [6, 6.07) is -0.399. The van der Waals surface area contributed by atoms with E-state index >= 15 is 0 Å². The Bertz CT molecular complexity index is 266. The van der Waals surface area contributed by atoms with Gasteiger partial charge in [-0.3, -0.25) is 14.5 Å². The van der Waals surface area contributed by atoms with E-state index in [1.54, 1.807) is 19.0 Å². The van der Waals surface area contributed by atoms with E-state index in [1.165, 1.54) is 0 Å². The van der Waals surface area contributed by atoms with Gasteiger partial charge >= 0.3 is 5.97 Å². The maximum atomic E-state index is 11.4. The van der Waals surface area contributed by atoms with E-state index in [1.807, 2.05) is 4.90 Å². The average molecular weight is 228 g/mol. The molecular weight excluding hydrogens is 208 g/mol. The van der Waals surface area contributed by atoms with Gasteiger partial charge in [0.2, 0.25) is 5.91 Å². The molecule has 1 rings (SSSR count). The van der Waals surface area contributed by atoms with E-state index in [0.29, 0.717) is 19.4 Å². The van der Waals surface area contributed by atoms with Crippen molar-refractivity contribution in [2.24, 2.45) is 0 Å². The van der Waals surface area contributed by atoms with Crippen LogP contribution in [0.4, 0.5) is 0 Å². The Morgan fingerprint density at radius 2 is 2.06 bits per heavy atom. The molecule has 1 aliphatic rings. The number of carboxylic acids is 1. The smallest absolute Gasteiger partial charge is 0.320 e. The van der Waals surface area contributed by atoms with Crippen molar-refractivity contribution in [3.8, 4) is 0 Å². The largest absolute Gasteiger partial charge is 0.480 e. The van der Waals surface area contributed by atoms with Crippen LogP contribution >= 0.6 is 0 Å². The van der Waals surface area contributed by atoms with Gasteiger partial charge in [-0.1, -0.05) is 6.42 Å². The molecule has 92 valence electrons. The van der Waals surface area contributed by atoms with Crippen LogP contribution in [0.1, 0.15) is 25.7 Å². The van der Waals surface area contributed by atoms with Crippen LogP contribution < -0.4 is 0 Å². The van der Waals surface area contributed by atoms with Gasteiger partial charge in [-0.05, 0) is 19.4 Å². The third-order valence-electron chi connectivity index (χ3n) is 3.01. The second-order valence-electron chi connectivity index (χ2n) is 4.42. The molecule has 0 aromatic heterocycles. The van der Waals surface area contributed by atoms with Crippen molar-refractivity contribution in [1.82, 2.24) is 9.80 Å². The average Bonchev–Trinajstić information content (AvgIpc) is 2.25. The lowest BCUT2D eigenvalue weighted by Crippen LogP contribution is -2.45. The number of piperidine rings is 1. The highest BCUT2D eigenvalue weighted by atomic mass is 16.4. The molecule has 5 nitrogen and oxygen atoms in total. The molecule has 1 aliphatic heterocycles. The van der Waals surface area contributed by atoms with Crippen LogP contribution in [0.15, 0.2) is 0 Å². The normalized spacial score (nSPS) is 21.8. The van der Waals surface area contributed by atoms with Crippen molar-refractivity contribution in [3.63, 3.8) is 0 Å². The molecule has 0 aliphatic carbocycles. The summed E-state index contributed by atoms with van der Waals surface area (Å²) in [5, 5.41) is 9.05. The molecule has 0 spiro atoms. The summed E-state index contributed by atoms with van der Waals surface area (Å²) in [7, 11) is 3.43. The van der Waals surface area contributed by atoms with Gasteiger partial charge in [-0.15, -0.1) is 0 Å². The number of likely N-dealkylation sites (tertiary alicyclic amines) is 1.